The predicted molar refractivity (Wildman–Crippen MR) is 78.2 cm³/mol. The van der Waals surface area contributed by atoms with Gasteiger partial charge in [0.25, 0.3) is 0 Å². The van der Waals surface area contributed by atoms with Gasteiger partial charge in [-0.25, -0.2) is 8.78 Å². The minimum atomic E-state index is -0.836. The van der Waals surface area contributed by atoms with Gasteiger partial charge in [0, 0.05) is 25.3 Å². The van der Waals surface area contributed by atoms with Crippen LogP contribution < -0.4 is 5.32 Å². The number of nitrogens with zero attached hydrogens (tertiary/aromatic N) is 1. The van der Waals surface area contributed by atoms with Crippen molar-refractivity contribution in [2.24, 2.45) is 0 Å². The highest BCUT2D eigenvalue weighted by Gasteiger charge is 2.17. The first-order valence-electron chi connectivity index (χ1n) is 6.96. The average molecular weight is 302 g/mol. The lowest BCUT2D eigenvalue weighted by Crippen LogP contribution is -2.34. The molecule has 2 atom stereocenters. The Balaban J connectivity index is 2.56. The first-order chi connectivity index (χ1) is 9.99. The number of likely N-dealkylation sites (N-methyl/N-ethyl adjacent to an activating group) is 1. The Hall–Kier alpha value is -1.08. The van der Waals surface area contributed by atoms with Gasteiger partial charge >= 0.3 is 0 Å². The number of hydrogen-bond acceptors (Lipinski definition) is 4. The van der Waals surface area contributed by atoms with Crippen molar-refractivity contribution in [1.29, 1.82) is 0 Å². The maximum Gasteiger partial charge on any atom is 0.163 e. The summed E-state index contributed by atoms with van der Waals surface area (Å²) in [6, 6.07) is 3.92. The normalized spacial score (nSPS) is 14.4. The van der Waals surface area contributed by atoms with Crippen LogP contribution in [0.25, 0.3) is 0 Å². The number of rotatable bonds is 9. The van der Waals surface area contributed by atoms with Gasteiger partial charge in [-0.15, -0.1) is 0 Å². The summed E-state index contributed by atoms with van der Waals surface area (Å²) in [5, 5.41) is 12.6. The van der Waals surface area contributed by atoms with Crippen molar-refractivity contribution >= 4 is 0 Å². The second kappa shape index (κ2) is 9.04. The Bertz CT molecular complexity index is 432. The van der Waals surface area contributed by atoms with E-state index in [0.717, 1.165) is 6.07 Å². The van der Waals surface area contributed by atoms with Crippen molar-refractivity contribution in [3.8, 4) is 0 Å². The quantitative estimate of drug-likeness (QED) is 0.726. The Morgan fingerprint density at radius 1 is 1.38 bits per heavy atom. The zero-order chi connectivity index (χ0) is 15.8. The van der Waals surface area contributed by atoms with Crippen molar-refractivity contribution in [3.63, 3.8) is 0 Å². The number of hydrogen-bond donors (Lipinski definition) is 2. The van der Waals surface area contributed by atoms with Gasteiger partial charge < -0.3 is 20.1 Å². The Morgan fingerprint density at radius 3 is 2.71 bits per heavy atom. The fourth-order valence-electron chi connectivity index (χ4n) is 2.29. The third-order valence-corrected chi connectivity index (χ3v) is 3.39. The molecule has 0 aromatic heterocycles. The average Bonchev–Trinajstić information content (AvgIpc) is 2.44. The van der Waals surface area contributed by atoms with Gasteiger partial charge in [0.15, 0.2) is 11.6 Å². The number of aliphatic hydroxyl groups excluding tert-OH is 1. The minimum Gasteiger partial charge on any atom is -0.389 e. The lowest BCUT2D eigenvalue weighted by Gasteiger charge is -2.23. The highest BCUT2D eigenvalue weighted by Crippen LogP contribution is 2.21. The van der Waals surface area contributed by atoms with E-state index in [9.17, 15) is 13.9 Å². The first kappa shape index (κ1) is 18.0. The standard InChI is InChI=1S/C15H24F2N2O2/c1-18-14(12-5-4-6-13(16)15(12)17)7-8-19(2)9-11(20)10-21-3/h4-6,11,14,18,20H,7-10H2,1-3H3. The molecule has 0 bridgehead atoms. The van der Waals surface area contributed by atoms with Crippen LogP contribution in [0.3, 0.4) is 0 Å². The van der Waals surface area contributed by atoms with E-state index in [2.05, 4.69) is 5.32 Å². The van der Waals surface area contributed by atoms with Crippen LogP contribution in [0, 0.1) is 11.6 Å². The van der Waals surface area contributed by atoms with Gasteiger partial charge in [0.05, 0.1) is 12.7 Å². The molecule has 0 aliphatic heterocycles. The molecule has 2 unspecified atom stereocenters. The molecule has 0 amide bonds. The summed E-state index contributed by atoms with van der Waals surface area (Å²) in [6.45, 7) is 1.39. The van der Waals surface area contributed by atoms with Crippen LogP contribution in [-0.2, 0) is 4.74 Å². The summed E-state index contributed by atoms with van der Waals surface area (Å²) < 4.78 is 31.9. The minimum absolute atomic E-state index is 0.275. The Kier molecular flexibility index (Phi) is 7.74. The lowest BCUT2D eigenvalue weighted by atomic mass is 10.0. The van der Waals surface area contributed by atoms with E-state index in [4.69, 9.17) is 4.74 Å². The molecule has 0 radical (unpaired) electrons. The Morgan fingerprint density at radius 2 is 2.10 bits per heavy atom. The van der Waals surface area contributed by atoms with Crippen LogP contribution in [0.5, 0.6) is 0 Å². The monoisotopic (exact) mass is 302 g/mol. The second-order valence-corrected chi connectivity index (χ2v) is 5.14. The van der Waals surface area contributed by atoms with E-state index in [0.29, 0.717) is 25.1 Å². The molecule has 120 valence electrons. The van der Waals surface area contributed by atoms with Gasteiger partial charge in [0.2, 0.25) is 0 Å². The molecule has 4 nitrogen and oxygen atoms in total. The molecule has 2 N–H and O–H groups in total. The number of methoxy groups -OCH3 is 1. The molecule has 0 aliphatic carbocycles. The molecule has 1 aromatic carbocycles. The maximum atomic E-state index is 13.8. The smallest absolute Gasteiger partial charge is 0.163 e. The summed E-state index contributed by atoms with van der Waals surface area (Å²) >= 11 is 0. The van der Waals surface area contributed by atoms with Crippen LogP contribution in [0.1, 0.15) is 18.0 Å². The molecule has 0 saturated carbocycles. The zero-order valence-electron chi connectivity index (χ0n) is 12.8. The van der Waals surface area contributed by atoms with Gasteiger partial charge in [-0.3, -0.25) is 0 Å². The van der Waals surface area contributed by atoms with Crippen LogP contribution >= 0.6 is 0 Å². The first-order valence-corrected chi connectivity index (χ1v) is 6.96. The summed E-state index contributed by atoms with van der Waals surface area (Å²) in [5.41, 5.74) is 0.323. The van der Waals surface area contributed by atoms with E-state index < -0.39 is 17.7 Å². The molecule has 6 heteroatoms. The van der Waals surface area contributed by atoms with Gasteiger partial charge in [0.1, 0.15) is 0 Å². The van der Waals surface area contributed by atoms with E-state index in [1.54, 1.807) is 13.1 Å². The number of halogens is 2. The predicted octanol–water partition coefficient (Wildman–Crippen LogP) is 1.55. The summed E-state index contributed by atoms with van der Waals surface area (Å²) in [5.74, 6) is -1.64. The molecule has 0 saturated heterocycles. The van der Waals surface area contributed by atoms with Crippen LogP contribution in [0.2, 0.25) is 0 Å². The SMILES string of the molecule is CNC(CCN(C)CC(O)COC)c1cccc(F)c1F. The van der Waals surface area contributed by atoms with Gasteiger partial charge in [-0.2, -0.15) is 0 Å². The van der Waals surface area contributed by atoms with E-state index in [-0.39, 0.29) is 12.6 Å². The van der Waals surface area contributed by atoms with Crippen molar-refractivity contribution in [2.45, 2.75) is 18.6 Å². The molecular formula is C15H24F2N2O2. The molecule has 0 heterocycles. The van der Waals surface area contributed by atoms with E-state index in [1.165, 1.54) is 13.2 Å². The summed E-state index contributed by atoms with van der Waals surface area (Å²) in [6.07, 6.45) is 0.0477. The lowest BCUT2D eigenvalue weighted by molar-refractivity contribution is 0.0426. The third kappa shape index (κ3) is 5.67. The third-order valence-electron chi connectivity index (χ3n) is 3.39. The van der Waals surface area contributed by atoms with Crippen molar-refractivity contribution in [3.05, 3.63) is 35.4 Å². The fourth-order valence-corrected chi connectivity index (χ4v) is 2.29. The molecule has 21 heavy (non-hydrogen) atoms. The van der Waals surface area contributed by atoms with Gasteiger partial charge in [-0.1, -0.05) is 12.1 Å². The maximum absolute atomic E-state index is 13.8. The molecular weight excluding hydrogens is 278 g/mol. The van der Waals surface area contributed by atoms with Crippen LogP contribution in [0.15, 0.2) is 18.2 Å². The van der Waals surface area contributed by atoms with Crippen molar-refractivity contribution in [2.75, 3.05) is 40.9 Å². The molecule has 0 spiro atoms. The molecule has 0 aliphatic rings. The van der Waals surface area contributed by atoms with Crippen LogP contribution in [0.4, 0.5) is 8.78 Å². The topological polar surface area (TPSA) is 44.7 Å². The van der Waals surface area contributed by atoms with Crippen LogP contribution in [-0.4, -0.2) is 57.0 Å². The number of ether oxygens (including phenoxy) is 1. The summed E-state index contributed by atoms with van der Waals surface area (Å²) in [4.78, 5) is 1.94. The molecule has 1 rings (SSSR count). The number of benzene rings is 1. The van der Waals surface area contributed by atoms with Crippen molar-refractivity contribution < 1.29 is 18.6 Å². The number of aliphatic hydroxyl groups is 1. The second-order valence-electron chi connectivity index (χ2n) is 5.14. The zero-order valence-corrected chi connectivity index (χ0v) is 12.8. The highest BCUT2D eigenvalue weighted by molar-refractivity contribution is 5.22. The van der Waals surface area contributed by atoms with Gasteiger partial charge in [-0.05, 0) is 33.1 Å². The van der Waals surface area contributed by atoms with E-state index >= 15 is 0 Å². The fraction of sp³-hybridized carbons (Fsp3) is 0.600. The molecule has 0 fully saturated rings. The largest absolute Gasteiger partial charge is 0.389 e. The molecule has 1 aromatic rings. The highest BCUT2D eigenvalue weighted by atomic mass is 19.2. The van der Waals surface area contributed by atoms with Crippen molar-refractivity contribution in [1.82, 2.24) is 10.2 Å². The van der Waals surface area contributed by atoms with E-state index in [1.807, 2.05) is 11.9 Å². The Labute approximate surface area is 124 Å². The number of nitrogens with one attached hydrogen (secondary N) is 1. The summed E-state index contributed by atoms with van der Waals surface area (Å²) in [7, 11) is 5.12.